The Labute approximate surface area is 94.2 Å². The molecule has 2 amide bonds. The fourth-order valence-electron chi connectivity index (χ4n) is 1.22. The molecule has 0 saturated carbocycles. The molecule has 0 saturated heterocycles. The highest BCUT2D eigenvalue weighted by molar-refractivity contribution is 5.96. The van der Waals surface area contributed by atoms with Gasteiger partial charge in [0.15, 0.2) is 0 Å². The van der Waals surface area contributed by atoms with E-state index in [1.807, 2.05) is 0 Å². The third kappa shape index (κ3) is 3.36. The standard InChI is InChI=1S/C11H15N3O2/c1-12-7-10(15)14-9-5-3-8(4-6-9)11(16)13-2/h3-6,12H,7H2,1-2H3,(H,13,16)(H,14,15). The molecule has 0 unspecified atom stereocenters. The average molecular weight is 221 g/mol. The summed E-state index contributed by atoms with van der Waals surface area (Å²) in [5.74, 6) is -0.261. The Balaban J connectivity index is 2.64. The Kier molecular flexibility index (Phi) is 4.47. The molecular weight excluding hydrogens is 206 g/mol. The normalized spacial score (nSPS) is 9.62. The summed E-state index contributed by atoms with van der Waals surface area (Å²) in [5.41, 5.74) is 1.24. The van der Waals surface area contributed by atoms with Crippen molar-refractivity contribution in [3.63, 3.8) is 0 Å². The molecule has 86 valence electrons. The molecule has 1 aromatic rings. The predicted octanol–water partition coefficient (Wildman–Crippen LogP) is 0.204. The number of anilines is 1. The lowest BCUT2D eigenvalue weighted by Crippen LogP contribution is -2.25. The Hall–Kier alpha value is -1.88. The molecule has 16 heavy (non-hydrogen) atoms. The van der Waals surface area contributed by atoms with Gasteiger partial charge in [-0.25, -0.2) is 0 Å². The first-order valence-electron chi connectivity index (χ1n) is 4.94. The molecule has 0 bridgehead atoms. The van der Waals surface area contributed by atoms with Crippen LogP contribution in [-0.4, -0.2) is 32.5 Å². The van der Waals surface area contributed by atoms with E-state index in [-0.39, 0.29) is 18.4 Å². The van der Waals surface area contributed by atoms with Crippen LogP contribution in [0.4, 0.5) is 5.69 Å². The zero-order chi connectivity index (χ0) is 12.0. The second-order valence-corrected chi connectivity index (χ2v) is 3.23. The van der Waals surface area contributed by atoms with E-state index in [1.54, 1.807) is 38.4 Å². The van der Waals surface area contributed by atoms with Gasteiger partial charge in [-0.2, -0.15) is 0 Å². The summed E-state index contributed by atoms with van der Waals surface area (Å²) < 4.78 is 0. The van der Waals surface area contributed by atoms with Crippen molar-refractivity contribution >= 4 is 17.5 Å². The Morgan fingerprint density at radius 1 is 1.12 bits per heavy atom. The molecule has 0 aliphatic rings. The number of hydrogen-bond donors (Lipinski definition) is 3. The average Bonchev–Trinajstić information content (AvgIpc) is 2.29. The van der Waals surface area contributed by atoms with Gasteiger partial charge in [0.05, 0.1) is 6.54 Å². The van der Waals surface area contributed by atoms with Crippen LogP contribution in [0.15, 0.2) is 24.3 Å². The molecule has 0 atom stereocenters. The van der Waals surface area contributed by atoms with Crippen molar-refractivity contribution in [2.45, 2.75) is 0 Å². The summed E-state index contributed by atoms with van der Waals surface area (Å²) in [5, 5.41) is 7.97. The molecule has 3 N–H and O–H groups in total. The molecular formula is C11H15N3O2. The van der Waals surface area contributed by atoms with E-state index in [0.717, 1.165) is 0 Å². The minimum atomic E-state index is -0.145. The fraction of sp³-hybridized carbons (Fsp3) is 0.273. The quantitative estimate of drug-likeness (QED) is 0.680. The van der Waals surface area contributed by atoms with E-state index in [2.05, 4.69) is 16.0 Å². The van der Waals surface area contributed by atoms with Gasteiger partial charge in [-0.15, -0.1) is 0 Å². The largest absolute Gasteiger partial charge is 0.355 e. The van der Waals surface area contributed by atoms with Crippen LogP contribution < -0.4 is 16.0 Å². The van der Waals surface area contributed by atoms with Crippen molar-refractivity contribution in [2.75, 3.05) is 26.0 Å². The number of rotatable bonds is 4. The highest BCUT2D eigenvalue weighted by Crippen LogP contribution is 2.09. The minimum Gasteiger partial charge on any atom is -0.355 e. The second kappa shape index (κ2) is 5.87. The summed E-state index contributed by atoms with van der Waals surface area (Å²) in [6, 6.07) is 6.71. The number of likely N-dealkylation sites (N-methyl/N-ethyl adjacent to an activating group) is 1. The van der Waals surface area contributed by atoms with Gasteiger partial charge in [-0.1, -0.05) is 0 Å². The fourth-order valence-corrected chi connectivity index (χ4v) is 1.22. The molecule has 0 heterocycles. The van der Waals surface area contributed by atoms with Crippen LogP contribution in [0.5, 0.6) is 0 Å². The number of nitrogens with one attached hydrogen (secondary N) is 3. The predicted molar refractivity (Wildman–Crippen MR) is 62.4 cm³/mol. The molecule has 1 aromatic carbocycles. The van der Waals surface area contributed by atoms with Gasteiger partial charge in [0.25, 0.3) is 5.91 Å². The summed E-state index contributed by atoms with van der Waals surface area (Å²) in [6.07, 6.45) is 0. The number of amides is 2. The van der Waals surface area contributed by atoms with Crippen molar-refractivity contribution in [3.8, 4) is 0 Å². The summed E-state index contributed by atoms with van der Waals surface area (Å²) in [4.78, 5) is 22.5. The molecule has 0 spiro atoms. The van der Waals surface area contributed by atoms with E-state index in [4.69, 9.17) is 0 Å². The zero-order valence-electron chi connectivity index (χ0n) is 9.33. The van der Waals surface area contributed by atoms with E-state index in [1.165, 1.54) is 0 Å². The Bertz CT molecular complexity index is 373. The molecule has 0 aliphatic heterocycles. The molecule has 0 aromatic heterocycles. The van der Waals surface area contributed by atoms with Gasteiger partial charge < -0.3 is 16.0 Å². The number of carbonyl (C=O) groups excluding carboxylic acids is 2. The van der Waals surface area contributed by atoms with Crippen molar-refractivity contribution in [1.29, 1.82) is 0 Å². The van der Waals surface area contributed by atoms with E-state index in [9.17, 15) is 9.59 Å². The zero-order valence-corrected chi connectivity index (χ0v) is 9.33. The van der Waals surface area contributed by atoms with Gasteiger partial charge in [-0.05, 0) is 31.3 Å². The highest BCUT2D eigenvalue weighted by Gasteiger charge is 2.03. The number of hydrogen-bond acceptors (Lipinski definition) is 3. The van der Waals surface area contributed by atoms with Crippen LogP contribution in [0.3, 0.4) is 0 Å². The third-order valence-electron chi connectivity index (χ3n) is 2.00. The smallest absolute Gasteiger partial charge is 0.251 e. The highest BCUT2D eigenvalue weighted by atomic mass is 16.2. The van der Waals surface area contributed by atoms with Crippen LogP contribution in [0, 0.1) is 0 Å². The van der Waals surface area contributed by atoms with Crippen LogP contribution in [0.1, 0.15) is 10.4 Å². The van der Waals surface area contributed by atoms with Crippen molar-refractivity contribution in [3.05, 3.63) is 29.8 Å². The molecule has 1 rings (SSSR count). The van der Waals surface area contributed by atoms with Gasteiger partial charge in [0.1, 0.15) is 0 Å². The first kappa shape index (κ1) is 12.2. The topological polar surface area (TPSA) is 70.2 Å². The first-order valence-corrected chi connectivity index (χ1v) is 4.94. The van der Waals surface area contributed by atoms with Gasteiger partial charge in [0.2, 0.25) is 5.91 Å². The lowest BCUT2D eigenvalue weighted by atomic mass is 10.2. The minimum absolute atomic E-state index is 0.116. The Morgan fingerprint density at radius 2 is 1.75 bits per heavy atom. The van der Waals surface area contributed by atoms with Gasteiger partial charge in [-0.3, -0.25) is 9.59 Å². The maximum atomic E-state index is 11.2. The molecule has 0 fully saturated rings. The third-order valence-corrected chi connectivity index (χ3v) is 2.00. The van der Waals surface area contributed by atoms with Gasteiger partial charge >= 0.3 is 0 Å². The van der Waals surface area contributed by atoms with Crippen molar-refractivity contribution in [2.24, 2.45) is 0 Å². The number of carbonyl (C=O) groups is 2. The maximum Gasteiger partial charge on any atom is 0.251 e. The van der Waals surface area contributed by atoms with Crippen LogP contribution in [0.25, 0.3) is 0 Å². The molecule has 5 heteroatoms. The lowest BCUT2D eigenvalue weighted by molar-refractivity contribution is -0.115. The monoisotopic (exact) mass is 221 g/mol. The van der Waals surface area contributed by atoms with Crippen molar-refractivity contribution < 1.29 is 9.59 Å². The van der Waals surface area contributed by atoms with Crippen LogP contribution >= 0.6 is 0 Å². The second-order valence-electron chi connectivity index (χ2n) is 3.23. The number of benzene rings is 1. The first-order chi connectivity index (χ1) is 7.67. The summed E-state index contributed by atoms with van der Waals surface area (Å²) in [6.45, 7) is 0.261. The molecule has 5 nitrogen and oxygen atoms in total. The lowest BCUT2D eigenvalue weighted by Gasteiger charge is -2.05. The van der Waals surface area contributed by atoms with Crippen LogP contribution in [-0.2, 0) is 4.79 Å². The van der Waals surface area contributed by atoms with Gasteiger partial charge in [0, 0.05) is 18.3 Å². The molecule has 0 aliphatic carbocycles. The summed E-state index contributed by atoms with van der Waals surface area (Å²) in [7, 11) is 3.28. The Morgan fingerprint density at radius 3 is 2.25 bits per heavy atom. The summed E-state index contributed by atoms with van der Waals surface area (Å²) >= 11 is 0. The van der Waals surface area contributed by atoms with E-state index < -0.39 is 0 Å². The molecule has 0 radical (unpaired) electrons. The van der Waals surface area contributed by atoms with E-state index in [0.29, 0.717) is 11.3 Å². The SMILES string of the molecule is CNCC(=O)Nc1ccc(C(=O)NC)cc1. The van der Waals surface area contributed by atoms with Crippen molar-refractivity contribution in [1.82, 2.24) is 10.6 Å². The van der Waals surface area contributed by atoms with E-state index >= 15 is 0 Å². The van der Waals surface area contributed by atoms with Crippen LogP contribution in [0.2, 0.25) is 0 Å². The maximum absolute atomic E-state index is 11.2.